The zero-order valence-corrected chi connectivity index (χ0v) is 15.9. The van der Waals surface area contributed by atoms with Gasteiger partial charge < -0.3 is 15.0 Å². The first-order chi connectivity index (χ1) is 13.3. The van der Waals surface area contributed by atoms with Gasteiger partial charge in [0.15, 0.2) is 6.61 Å². The lowest BCUT2D eigenvalue weighted by molar-refractivity contribution is -0.146. The molecule has 0 unspecified atom stereocenters. The highest BCUT2D eigenvalue weighted by Gasteiger charge is 2.43. The molecule has 9 heteroatoms. The van der Waals surface area contributed by atoms with E-state index in [0.717, 1.165) is 0 Å². The number of anilines is 3. The van der Waals surface area contributed by atoms with Crippen molar-refractivity contribution in [1.82, 2.24) is 9.97 Å². The summed E-state index contributed by atoms with van der Waals surface area (Å²) in [4.78, 5) is 48.3. The number of ether oxygens (including phenoxy) is 1. The van der Waals surface area contributed by atoms with E-state index in [2.05, 4.69) is 15.3 Å². The van der Waals surface area contributed by atoms with E-state index >= 15 is 0 Å². The molecule has 0 fully saturated rings. The molecule has 28 heavy (non-hydrogen) atoms. The minimum Gasteiger partial charge on any atom is -0.454 e. The summed E-state index contributed by atoms with van der Waals surface area (Å²) in [5.41, 5.74) is -0.0256. The minimum absolute atomic E-state index is 0.113. The number of amides is 2. The smallest absolute Gasteiger partial charge is 0.326 e. The van der Waals surface area contributed by atoms with Crippen LogP contribution in [0.4, 0.5) is 17.3 Å². The van der Waals surface area contributed by atoms with Gasteiger partial charge in [-0.1, -0.05) is 12.1 Å². The normalized spacial score (nSPS) is 14.7. The Morgan fingerprint density at radius 2 is 1.86 bits per heavy atom. The Morgan fingerprint density at radius 1 is 1.18 bits per heavy atom. The topological polar surface area (TPSA) is 105 Å². The van der Waals surface area contributed by atoms with E-state index in [1.807, 2.05) is 0 Å². The van der Waals surface area contributed by atoms with Crippen LogP contribution in [0.3, 0.4) is 0 Å². The van der Waals surface area contributed by atoms with Crippen molar-refractivity contribution >= 4 is 35.1 Å². The standard InChI is InChI=1S/C19H21N5O4/c1-19(2)17(27)22-13-7-4-5-8-14(13)24(19)15(25)12-28-16(26)11-23(3)18-20-9-6-10-21-18/h4-10H,11-12H2,1-3H3,(H,22,27). The summed E-state index contributed by atoms with van der Waals surface area (Å²) < 4.78 is 5.13. The van der Waals surface area contributed by atoms with E-state index in [1.165, 1.54) is 9.80 Å². The summed E-state index contributed by atoms with van der Waals surface area (Å²) in [6.45, 7) is 2.68. The van der Waals surface area contributed by atoms with Crippen LogP contribution < -0.4 is 15.1 Å². The lowest BCUT2D eigenvalue weighted by atomic mass is 9.96. The van der Waals surface area contributed by atoms with Gasteiger partial charge in [-0.05, 0) is 32.0 Å². The molecule has 9 nitrogen and oxygen atoms in total. The Kier molecular flexibility index (Phi) is 5.25. The average Bonchev–Trinajstić information content (AvgIpc) is 2.67. The number of nitrogens with zero attached hydrogens (tertiary/aromatic N) is 4. The monoisotopic (exact) mass is 383 g/mol. The molecule has 0 saturated carbocycles. The van der Waals surface area contributed by atoms with Gasteiger partial charge in [0.25, 0.3) is 5.91 Å². The highest BCUT2D eigenvalue weighted by Crippen LogP contribution is 2.36. The van der Waals surface area contributed by atoms with E-state index in [9.17, 15) is 14.4 Å². The maximum atomic E-state index is 12.8. The largest absolute Gasteiger partial charge is 0.454 e. The fourth-order valence-electron chi connectivity index (χ4n) is 2.90. The molecular formula is C19H21N5O4. The highest BCUT2D eigenvalue weighted by atomic mass is 16.5. The highest BCUT2D eigenvalue weighted by molar-refractivity contribution is 6.14. The molecule has 0 bridgehead atoms. The van der Waals surface area contributed by atoms with Crippen LogP contribution in [0.1, 0.15) is 13.8 Å². The number of carbonyl (C=O) groups excluding carboxylic acids is 3. The van der Waals surface area contributed by atoms with E-state index in [1.54, 1.807) is 63.6 Å². The molecule has 0 atom stereocenters. The fraction of sp³-hybridized carbons (Fsp3) is 0.316. The van der Waals surface area contributed by atoms with Crippen LogP contribution >= 0.6 is 0 Å². The predicted molar refractivity (Wildman–Crippen MR) is 103 cm³/mol. The molecule has 0 spiro atoms. The molecule has 2 aromatic rings. The molecule has 1 aliphatic heterocycles. The third kappa shape index (κ3) is 3.78. The van der Waals surface area contributed by atoms with Crippen LogP contribution in [0.15, 0.2) is 42.7 Å². The van der Waals surface area contributed by atoms with Crippen molar-refractivity contribution in [3.8, 4) is 0 Å². The first-order valence-electron chi connectivity index (χ1n) is 8.68. The van der Waals surface area contributed by atoms with Crippen molar-refractivity contribution in [2.75, 3.05) is 35.3 Å². The molecule has 1 aromatic heterocycles. The third-order valence-electron chi connectivity index (χ3n) is 4.37. The molecule has 2 amide bonds. The Bertz CT molecular complexity index is 900. The summed E-state index contributed by atoms with van der Waals surface area (Å²) in [6.07, 6.45) is 3.13. The first kappa shape index (κ1) is 19.3. The van der Waals surface area contributed by atoms with Crippen LogP contribution in [-0.2, 0) is 19.1 Å². The Balaban J connectivity index is 1.67. The van der Waals surface area contributed by atoms with Crippen LogP contribution in [0, 0.1) is 0 Å². The van der Waals surface area contributed by atoms with Crippen molar-refractivity contribution in [1.29, 1.82) is 0 Å². The second-order valence-corrected chi connectivity index (χ2v) is 6.82. The lowest BCUT2D eigenvalue weighted by Gasteiger charge is -2.41. The number of para-hydroxylation sites is 2. The number of nitrogens with one attached hydrogen (secondary N) is 1. The van der Waals surface area contributed by atoms with Crippen LogP contribution in [0.25, 0.3) is 0 Å². The van der Waals surface area contributed by atoms with Gasteiger partial charge in [0.05, 0.1) is 11.4 Å². The van der Waals surface area contributed by atoms with Gasteiger partial charge in [0, 0.05) is 19.4 Å². The Labute approximate surface area is 162 Å². The van der Waals surface area contributed by atoms with Crippen molar-refractivity contribution in [3.63, 3.8) is 0 Å². The lowest BCUT2D eigenvalue weighted by Crippen LogP contribution is -2.59. The molecule has 3 rings (SSSR count). The molecule has 0 aliphatic carbocycles. The number of rotatable bonds is 5. The maximum absolute atomic E-state index is 12.8. The Hall–Kier alpha value is -3.49. The summed E-state index contributed by atoms with van der Waals surface area (Å²) in [7, 11) is 1.65. The third-order valence-corrected chi connectivity index (χ3v) is 4.37. The van der Waals surface area contributed by atoms with E-state index < -0.39 is 24.0 Å². The number of esters is 1. The zero-order valence-electron chi connectivity index (χ0n) is 15.9. The minimum atomic E-state index is -1.12. The van der Waals surface area contributed by atoms with Crippen molar-refractivity contribution < 1.29 is 19.1 Å². The van der Waals surface area contributed by atoms with Gasteiger partial charge in [-0.2, -0.15) is 0 Å². The van der Waals surface area contributed by atoms with Gasteiger partial charge in [-0.15, -0.1) is 0 Å². The van der Waals surface area contributed by atoms with Crippen LogP contribution in [0.2, 0.25) is 0 Å². The molecule has 1 aromatic carbocycles. The van der Waals surface area contributed by atoms with Gasteiger partial charge in [0.1, 0.15) is 12.1 Å². The van der Waals surface area contributed by atoms with Gasteiger partial charge >= 0.3 is 5.97 Å². The molecule has 1 N–H and O–H groups in total. The van der Waals surface area contributed by atoms with Crippen molar-refractivity contribution in [2.24, 2.45) is 0 Å². The van der Waals surface area contributed by atoms with Crippen LogP contribution in [0.5, 0.6) is 0 Å². The molecule has 0 radical (unpaired) electrons. The van der Waals surface area contributed by atoms with Crippen LogP contribution in [-0.4, -0.2) is 53.5 Å². The van der Waals surface area contributed by atoms with Crippen molar-refractivity contribution in [2.45, 2.75) is 19.4 Å². The summed E-state index contributed by atoms with van der Waals surface area (Å²) in [6, 6.07) is 8.65. The number of carbonyl (C=O) groups is 3. The number of hydrogen-bond acceptors (Lipinski definition) is 7. The van der Waals surface area contributed by atoms with Crippen molar-refractivity contribution in [3.05, 3.63) is 42.7 Å². The maximum Gasteiger partial charge on any atom is 0.326 e. The van der Waals surface area contributed by atoms with Gasteiger partial charge in [-0.3, -0.25) is 19.3 Å². The predicted octanol–water partition coefficient (Wildman–Crippen LogP) is 1.22. The summed E-state index contributed by atoms with van der Waals surface area (Å²) in [5.74, 6) is -1.03. The summed E-state index contributed by atoms with van der Waals surface area (Å²) >= 11 is 0. The SMILES string of the molecule is CN(CC(=O)OCC(=O)N1c2ccccc2NC(=O)C1(C)C)c1ncccn1. The van der Waals surface area contributed by atoms with Gasteiger partial charge in [-0.25, -0.2) is 9.97 Å². The number of benzene rings is 1. The molecule has 1 aliphatic rings. The zero-order chi connectivity index (χ0) is 20.3. The number of hydrogen-bond donors (Lipinski definition) is 1. The van der Waals surface area contributed by atoms with E-state index in [4.69, 9.17) is 4.74 Å². The number of aromatic nitrogens is 2. The first-order valence-corrected chi connectivity index (χ1v) is 8.68. The van der Waals surface area contributed by atoms with E-state index in [0.29, 0.717) is 17.3 Å². The van der Waals surface area contributed by atoms with E-state index in [-0.39, 0.29) is 12.5 Å². The average molecular weight is 383 g/mol. The number of fused-ring (bicyclic) bond motifs is 1. The second-order valence-electron chi connectivity index (χ2n) is 6.82. The molecule has 2 heterocycles. The molecule has 0 saturated heterocycles. The summed E-state index contributed by atoms with van der Waals surface area (Å²) in [5, 5.41) is 2.78. The fourth-order valence-corrected chi connectivity index (χ4v) is 2.90. The molecular weight excluding hydrogens is 362 g/mol. The van der Waals surface area contributed by atoms with Gasteiger partial charge in [0.2, 0.25) is 11.9 Å². The second kappa shape index (κ2) is 7.63. The molecule has 146 valence electrons. The Morgan fingerprint density at radius 3 is 2.57 bits per heavy atom. The quantitative estimate of drug-likeness (QED) is 0.774. The number of likely N-dealkylation sites (N-methyl/N-ethyl adjacent to an activating group) is 1.